The van der Waals surface area contributed by atoms with Crippen LogP contribution in [0.4, 0.5) is 5.82 Å². The largest absolute Gasteiger partial charge is 0.480 e. The molecule has 0 atom stereocenters. The molecule has 0 bridgehead atoms. The second-order valence-electron chi connectivity index (χ2n) is 5.27. The van der Waals surface area contributed by atoms with E-state index in [9.17, 15) is 9.59 Å². The molecule has 1 aromatic rings. The molecular formula is C13H19N3O3. The molecule has 2 rings (SSSR count). The van der Waals surface area contributed by atoms with Crippen molar-refractivity contribution in [3.05, 3.63) is 22.7 Å². The molecule has 1 N–H and O–H groups in total. The Bertz CT molecular complexity index is 520. The Hall–Kier alpha value is -1.85. The number of aromatic nitrogens is 2. The van der Waals surface area contributed by atoms with Crippen LogP contribution in [0.3, 0.4) is 0 Å². The van der Waals surface area contributed by atoms with Gasteiger partial charge in [0.05, 0.1) is 0 Å². The molecule has 0 aliphatic heterocycles. The van der Waals surface area contributed by atoms with Crippen LogP contribution in [0, 0.1) is 5.92 Å². The average molecular weight is 265 g/mol. The van der Waals surface area contributed by atoms with Crippen molar-refractivity contribution >= 4 is 11.8 Å². The minimum Gasteiger partial charge on any atom is -0.480 e. The van der Waals surface area contributed by atoms with Crippen LogP contribution in [-0.4, -0.2) is 33.7 Å². The molecular weight excluding hydrogens is 246 g/mol. The van der Waals surface area contributed by atoms with Crippen LogP contribution in [0.5, 0.6) is 0 Å². The third-order valence-corrected chi connectivity index (χ3v) is 3.21. The molecule has 1 fully saturated rings. The van der Waals surface area contributed by atoms with Crippen molar-refractivity contribution in [2.24, 2.45) is 5.92 Å². The maximum atomic E-state index is 12.3. The molecule has 1 aliphatic carbocycles. The van der Waals surface area contributed by atoms with E-state index in [4.69, 9.17) is 5.11 Å². The summed E-state index contributed by atoms with van der Waals surface area (Å²) in [6, 6.07) is 0.0295. The summed E-state index contributed by atoms with van der Waals surface area (Å²) in [5.74, 6) is -0.208. The second-order valence-corrected chi connectivity index (χ2v) is 5.27. The highest BCUT2D eigenvalue weighted by Gasteiger charge is 2.27. The first-order chi connectivity index (χ1) is 8.99. The first kappa shape index (κ1) is 13.6. The minimum atomic E-state index is -0.943. The number of aliphatic carboxylic acids is 1. The Labute approximate surface area is 111 Å². The van der Waals surface area contributed by atoms with E-state index in [0.29, 0.717) is 12.5 Å². The molecule has 6 heteroatoms. The Kier molecular flexibility index (Phi) is 3.87. The molecule has 0 spiro atoms. The van der Waals surface area contributed by atoms with E-state index in [1.54, 1.807) is 21.9 Å². The van der Waals surface area contributed by atoms with Crippen LogP contribution in [0.2, 0.25) is 0 Å². The van der Waals surface area contributed by atoms with Crippen molar-refractivity contribution in [3.63, 3.8) is 0 Å². The van der Waals surface area contributed by atoms with E-state index in [1.165, 1.54) is 0 Å². The van der Waals surface area contributed by atoms with Gasteiger partial charge in [0.1, 0.15) is 6.54 Å². The molecule has 1 heterocycles. The van der Waals surface area contributed by atoms with E-state index in [-0.39, 0.29) is 24.0 Å². The first-order valence-electron chi connectivity index (χ1n) is 6.53. The third-order valence-electron chi connectivity index (χ3n) is 3.21. The molecule has 104 valence electrons. The van der Waals surface area contributed by atoms with Crippen LogP contribution < -0.4 is 10.5 Å². The lowest BCUT2D eigenvalue weighted by Crippen LogP contribution is -2.38. The number of nitrogens with zero attached hydrogens (tertiary/aromatic N) is 3. The summed E-state index contributed by atoms with van der Waals surface area (Å²) in [7, 11) is 0. The Morgan fingerprint density at radius 3 is 2.79 bits per heavy atom. The summed E-state index contributed by atoms with van der Waals surface area (Å²) in [5, 5.41) is 8.97. The zero-order valence-corrected chi connectivity index (χ0v) is 11.2. The fourth-order valence-corrected chi connectivity index (χ4v) is 2.04. The van der Waals surface area contributed by atoms with Gasteiger partial charge in [-0.15, -0.1) is 0 Å². The quantitative estimate of drug-likeness (QED) is 0.834. The van der Waals surface area contributed by atoms with Gasteiger partial charge in [-0.25, -0.2) is 4.98 Å². The van der Waals surface area contributed by atoms with Crippen LogP contribution in [0.15, 0.2) is 17.2 Å². The zero-order valence-electron chi connectivity index (χ0n) is 11.2. The van der Waals surface area contributed by atoms with Gasteiger partial charge in [-0.3, -0.25) is 9.59 Å². The zero-order chi connectivity index (χ0) is 14.0. The van der Waals surface area contributed by atoms with Crippen molar-refractivity contribution in [1.29, 1.82) is 0 Å². The number of hydrogen-bond donors (Lipinski definition) is 1. The molecule has 0 amide bonds. The number of carbonyl (C=O) groups is 1. The van der Waals surface area contributed by atoms with E-state index in [2.05, 4.69) is 4.98 Å². The smallest absolute Gasteiger partial charge is 0.323 e. The lowest BCUT2D eigenvalue weighted by atomic mass is 10.3. The van der Waals surface area contributed by atoms with Crippen molar-refractivity contribution < 1.29 is 9.90 Å². The number of anilines is 1. The van der Waals surface area contributed by atoms with Crippen molar-refractivity contribution in [1.82, 2.24) is 9.55 Å². The Morgan fingerprint density at radius 1 is 1.58 bits per heavy atom. The SMILES string of the molecule is CC(C)n1ccnc(N(CC(=O)O)CC2CC2)c1=O. The maximum Gasteiger partial charge on any atom is 0.323 e. The van der Waals surface area contributed by atoms with Gasteiger partial charge in [-0.2, -0.15) is 0 Å². The molecule has 0 unspecified atom stereocenters. The number of carboxylic acids is 1. The van der Waals surface area contributed by atoms with Crippen LogP contribution in [0.1, 0.15) is 32.7 Å². The highest BCUT2D eigenvalue weighted by molar-refractivity contribution is 5.73. The van der Waals surface area contributed by atoms with Crippen LogP contribution in [0.25, 0.3) is 0 Å². The average Bonchev–Trinajstić information content (AvgIpc) is 3.11. The monoisotopic (exact) mass is 265 g/mol. The molecule has 0 aromatic carbocycles. The summed E-state index contributed by atoms with van der Waals surface area (Å²) in [5.41, 5.74) is -0.223. The highest BCUT2D eigenvalue weighted by atomic mass is 16.4. The van der Waals surface area contributed by atoms with Gasteiger partial charge in [0.15, 0.2) is 5.82 Å². The predicted octanol–water partition coefficient (Wildman–Crippen LogP) is 1.13. The van der Waals surface area contributed by atoms with Crippen LogP contribution in [-0.2, 0) is 4.79 Å². The molecule has 19 heavy (non-hydrogen) atoms. The van der Waals surface area contributed by atoms with Crippen molar-refractivity contribution in [2.75, 3.05) is 18.0 Å². The molecule has 1 aliphatic rings. The number of carboxylic acid groups (broad SMARTS) is 1. The van der Waals surface area contributed by atoms with E-state index in [0.717, 1.165) is 12.8 Å². The standard InChI is InChI=1S/C13H19N3O3/c1-9(2)16-6-5-14-12(13(16)19)15(8-11(17)18)7-10-3-4-10/h5-6,9-10H,3-4,7-8H2,1-2H3,(H,17,18). The van der Waals surface area contributed by atoms with Crippen LogP contribution >= 0.6 is 0 Å². The van der Waals surface area contributed by atoms with Gasteiger partial charge in [-0.05, 0) is 32.6 Å². The van der Waals surface area contributed by atoms with Crippen molar-refractivity contribution in [2.45, 2.75) is 32.7 Å². The third kappa shape index (κ3) is 3.33. The normalized spacial score (nSPS) is 14.7. The van der Waals surface area contributed by atoms with Gasteiger partial charge in [0.25, 0.3) is 5.56 Å². The topological polar surface area (TPSA) is 75.4 Å². The Balaban J connectivity index is 2.31. The summed E-state index contributed by atoms with van der Waals surface area (Å²) < 4.78 is 1.57. The lowest BCUT2D eigenvalue weighted by molar-refractivity contribution is -0.135. The maximum absolute atomic E-state index is 12.3. The van der Waals surface area contributed by atoms with Gasteiger partial charge >= 0.3 is 5.97 Å². The van der Waals surface area contributed by atoms with Gasteiger partial charge < -0.3 is 14.6 Å². The van der Waals surface area contributed by atoms with Gasteiger partial charge in [0, 0.05) is 25.0 Å². The minimum absolute atomic E-state index is 0.0295. The molecule has 0 saturated heterocycles. The summed E-state index contributed by atoms with van der Waals surface area (Å²) in [4.78, 5) is 28.9. The molecule has 1 saturated carbocycles. The second kappa shape index (κ2) is 5.42. The molecule has 1 aromatic heterocycles. The molecule has 0 radical (unpaired) electrons. The summed E-state index contributed by atoms with van der Waals surface area (Å²) >= 11 is 0. The fraction of sp³-hybridized carbons (Fsp3) is 0.615. The summed E-state index contributed by atoms with van der Waals surface area (Å²) in [6.07, 6.45) is 5.38. The van der Waals surface area contributed by atoms with E-state index < -0.39 is 5.97 Å². The highest BCUT2D eigenvalue weighted by Crippen LogP contribution is 2.30. The molecule has 6 nitrogen and oxygen atoms in total. The first-order valence-corrected chi connectivity index (χ1v) is 6.53. The van der Waals surface area contributed by atoms with Gasteiger partial charge in [0.2, 0.25) is 0 Å². The lowest BCUT2D eigenvalue weighted by Gasteiger charge is -2.22. The van der Waals surface area contributed by atoms with E-state index >= 15 is 0 Å². The predicted molar refractivity (Wildman–Crippen MR) is 71.5 cm³/mol. The van der Waals surface area contributed by atoms with Crippen molar-refractivity contribution in [3.8, 4) is 0 Å². The fourth-order valence-electron chi connectivity index (χ4n) is 2.04. The number of rotatable bonds is 6. The Morgan fingerprint density at radius 2 is 2.26 bits per heavy atom. The number of hydrogen-bond acceptors (Lipinski definition) is 4. The summed E-state index contributed by atoms with van der Waals surface area (Å²) in [6.45, 7) is 4.23. The van der Waals surface area contributed by atoms with Gasteiger partial charge in [-0.1, -0.05) is 0 Å². The van der Waals surface area contributed by atoms with E-state index in [1.807, 2.05) is 13.8 Å².